The summed E-state index contributed by atoms with van der Waals surface area (Å²) in [6.07, 6.45) is 1.71. The highest BCUT2D eigenvalue weighted by Crippen LogP contribution is 2.14. The number of nitrogens with zero attached hydrogens (tertiary/aromatic N) is 1. The van der Waals surface area contributed by atoms with E-state index < -0.39 is 12.0 Å². The molecule has 0 saturated heterocycles. The number of amides is 1. The standard InChI is InChI=1S/C12H16N2O3S/c1-8-4-3-5-13-10(8)6-18-7-11(12(16)17)14-9(2)15/h3-5,11H,6-7H2,1-2H3,(H,14,15)(H,16,17). The normalized spacial score (nSPS) is 11.9. The number of carbonyl (C=O) groups excluding carboxylic acids is 1. The van der Waals surface area contributed by atoms with Gasteiger partial charge in [0.05, 0.1) is 5.69 Å². The molecule has 0 aliphatic heterocycles. The van der Waals surface area contributed by atoms with Crippen molar-refractivity contribution in [3.8, 4) is 0 Å². The van der Waals surface area contributed by atoms with E-state index in [0.717, 1.165) is 11.3 Å². The summed E-state index contributed by atoms with van der Waals surface area (Å²) in [6, 6.07) is 2.98. The molecule has 1 unspecified atom stereocenters. The van der Waals surface area contributed by atoms with Crippen LogP contribution in [0, 0.1) is 6.92 Å². The van der Waals surface area contributed by atoms with Crippen LogP contribution in [0.2, 0.25) is 0 Å². The maximum absolute atomic E-state index is 10.9. The largest absolute Gasteiger partial charge is 0.480 e. The summed E-state index contributed by atoms with van der Waals surface area (Å²) in [4.78, 5) is 26.0. The molecule has 0 radical (unpaired) electrons. The van der Waals surface area contributed by atoms with E-state index in [1.165, 1.54) is 18.7 Å². The van der Waals surface area contributed by atoms with Crippen LogP contribution < -0.4 is 5.32 Å². The fourth-order valence-corrected chi connectivity index (χ4v) is 2.44. The van der Waals surface area contributed by atoms with E-state index in [9.17, 15) is 9.59 Å². The zero-order chi connectivity index (χ0) is 13.5. The van der Waals surface area contributed by atoms with Gasteiger partial charge in [-0.2, -0.15) is 11.8 Å². The Morgan fingerprint density at radius 1 is 1.56 bits per heavy atom. The van der Waals surface area contributed by atoms with Crippen LogP contribution in [0.4, 0.5) is 0 Å². The molecule has 5 nitrogen and oxygen atoms in total. The molecule has 1 atom stereocenters. The van der Waals surface area contributed by atoms with Crippen LogP contribution in [-0.4, -0.2) is 33.8 Å². The summed E-state index contributed by atoms with van der Waals surface area (Å²) in [6.45, 7) is 3.27. The second-order valence-electron chi connectivity index (χ2n) is 3.87. The van der Waals surface area contributed by atoms with Crippen LogP contribution in [-0.2, 0) is 15.3 Å². The number of carboxylic acid groups (broad SMARTS) is 1. The Balaban J connectivity index is 2.46. The van der Waals surface area contributed by atoms with Crippen molar-refractivity contribution in [1.29, 1.82) is 0 Å². The van der Waals surface area contributed by atoms with E-state index in [-0.39, 0.29) is 5.91 Å². The first kappa shape index (κ1) is 14.5. The van der Waals surface area contributed by atoms with Gasteiger partial charge in [-0.15, -0.1) is 0 Å². The van der Waals surface area contributed by atoms with Crippen molar-refractivity contribution in [3.63, 3.8) is 0 Å². The summed E-state index contributed by atoms with van der Waals surface area (Å²) in [5.41, 5.74) is 2.02. The highest BCUT2D eigenvalue weighted by Gasteiger charge is 2.18. The number of aromatic nitrogens is 1. The summed E-state index contributed by atoms with van der Waals surface area (Å²) in [5.74, 6) is -0.395. The molecule has 0 fully saturated rings. The Morgan fingerprint density at radius 3 is 2.83 bits per heavy atom. The summed E-state index contributed by atoms with van der Waals surface area (Å²) in [7, 11) is 0. The highest BCUT2D eigenvalue weighted by molar-refractivity contribution is 7.98. The molecule has 1 heterocycles. The van der Waals surface area contributed by atoms with Gasteiger partial charge in [-0.05, 0) is 18.6 Å². The Kier molecular flexibility index (Phi) is 5.64. The number of hydrogen-bond acceptors (Lipinski definition) is 4. The van der Waals surface area contributed by atoms with Crippen molar-refractivity contribution < 1.29 is 14.7 Å². The van der Waals surface area contributed by atoms with Crippen molar-refractivity contribution in [2.45, 2.75) is 25.6 Å². The molecule has 6 heteroatoms. The van der Waals surface area contributed by atoms with E-state index in [4.69, 9.17) is 5.11 Å². The monoisotopic (exact) mass is 268 g/mol. The minimum atomic E-state index is -1.02. The summed E-state index contributed by atoms with van der Waals surface area (Å²) in [5, 5.41) is 11.3. The van der Waals surface area contributed by atoms with Crippen molar-refractivity contribution in [2.24, 2.45) is 0 Å². The van der Waals surface area contributed by atoms with Crippen LogP contribution in [0.25, 0.3) is 0 Å². The van der Waals surface area contributed by atoms with E-state index in [2.05, 4.69) is 10.3 Å². The van der Waals surface area contributed by atoms with Crippen molar-refractivity contribution in [2.75, 3.05) is 5.75 Å². The van der Waals surface area contributed by atoms with Crippen LogP contribution >= 0.6 is 11.8 Å². The minimum Gasteiger partial charge on any atom is -0.480 e. The molecule has 0 saturated carbocycles. The van der Waals surface area contributed by atoms with Gasteiger partial charge in [0.1, 0.15) is 6.04 Å². The van der Waals surface area contributed by atoms with E-state index >= 15 is 0 Å². The molecule has 1 amide bonds. The second-order valence-corrected chi connectivity index (χ2v) is 4.90. The number of aryl methyl sites for hydroxylation is 1. The van der Waals surface area contributed by atoms with Gasteiger partial charge < -0.3 is 10.4 Å². The molecule has 1 aromatic heterocycles. The van der Waals surface area contributed by atoms with E-state index in [0.29, 0.717) is 11.5 Å². The smallest absolute Gasteiger partial charge is 0.327 e. The lowest BCUT2D eigenvalue weighted by Gasteiger charge is -2.12. The molecular formula is C12H16N2O3S. The maximum atomic E-state index is 10.9. The average molecular weight is 268 g/mol. The number of hydrogen-bond donors (Lipinski definition) is 2. The second kappa shape index (κ2) is 7.00. The SMILES string of the molecule is CC(=O)NC(CSCc1ncccc1C)C(=O)O. The van der Waals surface area contributed by atoms with E-state index in [1.807, 2.05) is 19.1 Å². The third-order valence-electron chi connectivity index (χ3n) is 2.32. The lowest BCUT2D eigenvalue weighted by Crippen LogP contribution is -2.41. The average Bonchev–Trinajstić information content (AvgIpc) is 2.29. The quantitative estimate of drug-likeness (QED) is 0.810. The molecule has 18 heavy (non-hydrogen) atoms. The number of carbonyl (C=O) groups is 2. The van der Waals surface area contributed by atoms with Crippen molar-refractivity contribution in [3.05, 3.63) is 29.6 Å². The fraction of sp³-hybridized carbons (Fsp3) is 0.417. The van der Waals surface area contributed by atoms with Crippen LogP contribution in [0.15, 0.2) is 18.3 Å². The Bertz CT molecular complexity index is 437. The molecule has 0 spiro atoms. The first-order valence-corrected chi connectivity index (χ1v) is 6.64. The van der Waals surface area contributed by atoms with Gasteiger partial charge in [0.25, 0.3) is 0 Å². The third kappa shape index (κ3) is 4.75. The van der Waals surface area contributed by atoms with Crippen LogP contribution in [0.1, 0.15) is 18.2 Å². The van der Waals surface area contributed by atoms with Gasteiger partial charge in [0, 0.05) is 24.6 Å². The van der Waals surface area contributed by atoms with E-state index in [1.54, 1.807) is 6.20 Å². The summed E-state index contributed by atoms with van der Waals surface area (Å²) >= 11 is 1.44. The Labute approximate surface area is 110 Å². The van der Waals surface area contributed by atoms with Gasteiger partial charge in [0.2, 0.25) is 5.91 Å². The molecule has 2 N–H and O–H groups in total. The molecule has 0 aliphatic rings. The molecule has 0 bridgehead atoms. The Hall–Kier alpha value is -1.56. The fourth-order valence-electron chi connectivity index (χ4n) is 1.36. The minimum absolute atomic E-state index is 0.324. The molecule has 0 aliphatic carbocycles. The number of nitrogens with one attached hydrogen (secondary N) is 1. The van der Waals surface area contributed by atoms with Gasteiger partial charge in [-0.1, -0.05) is 6.07 Å². The topological polar surface area (TPSA) is 79.3 Å². The summed E-state index contributed by atoms with van der Waals surface area (Å²) < 4.78 is 0. The zero-order valence-corrected chi connectivity index (χ0v) is 11.2. The van der Waals surface area contributed by atoms with Crippen molar-refractivity contribution >= 4 is 23.6 Å². The molecule has 0 aromatic carbocycles. The van der Waals surface area contributed by atoms with Gasteiger partial charge >= 0.3 is 5.97 Å². The highest BCUT2D eigenvalue weighted by atomic mass is 32.2. The number of aliphatic carboxylic acids is 1. The molecule has 1 rings (SSSR count). The lowest BCUT2D eigenvalue weighted by atomic mass is 10.2. The maximum Gasteiger partial charge on any atom is 0.327 e. The van der Waals surface area contributed by atoms with Gasteiger partial charge in [-0.3, -0.25) is 9.78 Å². The number of pyridine rings is 1. The van der Waals surface area contributed by atoms with Crippen LogP contribution in [0.3, 0.4) is 0 Å². The predicted molar refractivity (Wildman–Crippen MR) is 70.4 cm³/mol. The van der Waals surface area contributed by atoms with Crippen LogP contribution in [0.5, 0.6) is 0 Å². The predicted octanol–water partition coefficient (Wildman–Crippen LogP) is 1.21. The number of rotatable bonds is 6. The molecule has 98 valence electrons. The van der Waals surface area contributed by atoms with Gasteiger partial charge in [0.15, 0.2) is 0 Å². The molecular weight excluding hydrogens is 252 g/mol. The number of thioether (sulfide) groups is 1. The molecule has 1 aromatic rings. The van der Waals surface area contributed by atoms with Crippen molar-refractivity contribution in [1.82, 2.24) is 10.3 Å². The zero-order valence-electron chi connectivity index (χ0n) is 10.3. The lowest BCUT2D eigenvalue weighted by molar-refractivity contribution is -0.140. The first-order valence-electron chi connectivity index (χ1n) is 5.49. The Morgan fingerprint density at radius 2 is 2.28 bits per heavy atom. The number of carboxylic acids is 1. The third-order valence-corrected chi connectivity index (χ3v) is 3.36. The first-order chi connectivity index (χ1) is 8.50. The van der Waals surface area contributed by atoms with Gasteiger partial charge in [-0.25, -0.2) is 4.79 Å².